The molecule has 0 spiro atoms. The average Bonchev–Trinajstić information content (AvgIpc) is 2.20. The van der Waals surface area contributed by atoms with E-state index >= 15 is 0 Å². The summed E-state index contributed by atoms with van der Waals surface area (Å²) in [6.45, 7) is 10.5. The smallest absolute Gasteiger partial charge is 0.0903 e. The minimum atomic E-state index is 0.368. The molecular weight excluding hydrogens is 198 g/mol. The minimum absolute atomic E-state index is 0.368. The highest BCUT2D eigenvalue weighted by molar-refractivity contribution is 5.43. The van der Waals surface area contributed by atoms with Gasteiger partial charge in [-0.25, -0.2) is 0 Å². The standard InChI is InChI=1S/C13H21N3/c1-10(2)16(11(3)4)15-14-13-9-7-6-8-12(13)5/h6-11H,1-5H3. The molecule has 3 nitrogen and oxygen atoms in total. The third-order valence-electron chi connectivity index (χ3n) is 2.43. The Morgan fingerprint density at radius 2 is 1.56 bits per heavy atom. The topological polar surface area (TPSA) is 28.0 Å². The largest absolute Gasteiger partial charge is 0.273 e. The van der Waals surface area contributed by atoms with E-state index < -0.39 is 0 Å². The minimum Gasteiger partial charge on any atom is -0.273 e. The summed E-state index contributed by atoms with van der Waals surface area (Å²) in [5.74, 6) is 0. The van der Waals surface area contributed by atoms with Crippen molar-refractivity contribution in [2.75, 3.05) is 0 Å². The van der Waals surface area contributed by atoms with Crippen molar-refractivity contribution in [1.82, 2.24) is 5.01 Å². The predicted molar refractivity (Wildman–Crippen MR) is 67.8 cm³/mol. The van der Waals surface area contributed by atoms with Crippen LogP contribution in [-0.4, -0.2) is 17.1 Å². The first-order valence-electron chi connectivity index (χ1n) is 5.78. The molecule has 0 aliphatic rings. The zero-order chi connectivity index (χ0) is 12.1. The number of nitrogens with zero attached hydrogens (tertiary/aromatic N) is 3. The van der Waals surface area contributed by atoms with Gasteiger partial charge in [0.25, 0.3) is 0 Å². The molecular formula is C13H21N3. The molecule has 0 amide bonds. The molecule has 1 aromatic rings. The highest BCUT2D eigenvalue weighted by Crippen LogP contribution is 2.19. The molecule has 0 aliphatic carbocycles. The number of rotatable bonds is 4. The van der Waals surface area contributed by atoms with Crippen LogP contribution in [0.15, 0.2) is 34.6 Å². The number of hydrogen-bond acceptors (Lipinski definition) is 2. The first-order chi connectivity index (χ1) is 7.52. The van der Waals surface area contributed by atoms with E-state index in [0.29, 0.717) is 12.1 Å². The van der Waals surface area contributed by atoms with Gasteiger partial charge in [-0.2, -0.15) is 0 Å². The normalized spacial score (nSPS) is 11.7. The van der Waals surface area contributed by atoms with Gasteiger partial charge in [-0.15, -0.1) is 5.11 Å². The second-order valence-electron chi connectivity index (χ2n) is 4.54. The molecule has 0 atom stereocenters. The molecule has 0 aliphatic heterocycles. The molecule has 0 radical (unpaired) electrons. The van der Waals surface area contributed by atoms with Crippen LogP contribution < -0.4 is 0 Å². The Morgan fingerprint density at radius 3 is 2.06 bits per heavy atom. The molecule has 0 unspecified atom stereocenters. The summed E-state index contributed by atoms with van der Waals surface area (Å²) in [4.78, 5) is 0. The van der Waals surface area contributed by atoms with Crippen molar-refractivity contribution < 1.29 is 0 Å². The Hall–Kier alpha value is -1.38. The Labute approximate surface area is 98.2 Å². The van der Waals surface area contributed by atoms with Crippen molar-refractivity contribution in [2.45, 2.75) is 46.7 Å². The third kappa shape index (κ3) is 3.33. The maximum atomic E-state index is 4.31. The van der Waals surface area contributed by atoms with Gasteiger partial charge in [0.15, 0.2) is 0 Å². The van der Waals surface area contributed by atoms with Crippen LogP contribution in [0.5, 0.6) is 0 Å². The van der Waals surface area contributed by atoms with E-state index in [1.165, 1.54) is 0 Å². The van der Waals surface area contributed by atoms with Crippen LogP contribution in [0.1, 0.15) is 33.3 Å². The first-order valence-corrected chi connectivity index (χ1v) is 5.78. The molecule has 0 aromatic heterocycles. The van der Waals surface area contributed by atoms with Gasteiger partial charge in [-0.3, -0.25) is 5.01 Å². The fraction of sp³-hybridized carbons (Fsp3) is 0.538. The van der Waals surface area contributed by atoms with Gasteiger partial charge in [0.2, 0.25) is 0 Å². The zero-order valence-corrected chi connectivity index (χ0v) is 10.8. The van der Waals surface area contributed by atoms with E-state index in [-0.39, 0.29) is 0 Å². The van der Waals surface area contributed by atoms with Crippen LogP contribution >= 0.6 is 0 Å². The Kier molecular flexibility index (Phi) is 4.47. The molecule has 1 rings (SSSR count). The quantitative estimate of drug-likeness (QED) is 0.553. The molecule has 0 saturated heterocycles. The number of hydrogen-bond donors (Lipinski definition) is 0. The van der Waals surface area contributed by atoms with E-state index in [2.05, 4.69) is 38.0 Å². The van der Waals surface area contributed by atoms with Gasteiger partial charge in [0, 0.05) is 12.1 Å². The second kappa shape index (κ2) is 5.64. The summed E-state index contributed by atoms with van der Waals surface area (Å²) in [5, 5.41) is 10.6. The monoisotopic (exact) mass is 219 g/mol. The highest BCUT2D eigenvalue weighted by atomic mass is 15.6. The number of benzene rings is 1. The molecule has 0 N–H and O–H groups in total. The van der Waals surface area contributed by atoms with Gasteiger partial charge >= 0.3 is 0 Å². The van der Waals surface area contributed by atoms with Crippen molar-refractivity contribution in [3.63, 3.8) is 0 Å². The molecule has 88 valence electrons. The molecule has 0 fully saturated rings. The van der Waals surface area contributed by atoms with Gasteiger partial charge in [0.1, 0.15) is 0 Å². The summed E-state index contributed by atoms with van der Waals surface area (Å²) in [7, 11) is 0. The Balaban J connectivity index is 2.83. The summed E-state index contributed by atoms with van der Waals surface area (Å²) in [5.41, 5.74) is 2.09. The fourth-order valence-electron chi connectivity index (χ4n) is 1.58. The van der Waals surface area contributed by atoms with Crippen molar-refractivity contribution in [3.05, 3.63) is 29.8 Å². The average molecular weight is 219 g/mol. The van der Waals surface area contributed by atoms with Crippen molar-refractivity contribution in [2.24, 2.45) is 10.3 Å². The van der Waals surface area contributed by atoms with Gasteiger partial charge < -0.3 is 0 Å². The fourth-order valence-corrected chi connectivity index (χ4v) is 1.58. The van der Waals surface area contributed by atoms with Crippen LogP contribution in [0.3, 0.4) is 0 Å². The van der Waals surface area contributed by atoms with E-state index in [1.54, 1.807) is 0 Å². The first kappa shape index (κ1) is 12.7. The van der Waals surface area contributed by atoms with Crippen molar-refractivity contribution >= 4 is 5.69 Å². The zero-order valence-electron chi connectivity index (χ0n) is 10.8. The van der Waals surface area contributed by atoms with Crippen molar-refractivity contribution in [3.8, 4) is 0 Å². The van der Waals surface area contributed by atoms with Crippen LogP contribution in [0.25, 0.3) is 0 Å². The lowest BCUT2D eigenvalue weighted by Gasteiger charge is -2.25. The molecule has 16 heavy (non-hydrogen) atoms. The highest BCUT2D eigenvalue weighted by Gasteiger charge is 2.10. The van der Waals surface area contributed by atoms with Crippen LogP contribution in [0.4, 0.5) is 5.69 Å². The summed E-state index contributed by atoms with van der Waals surface area (Å²) < 4.78 is 0. The summed E-state index contributed by atoms with van der Waals surface area (Å²) in [6.07, 6.45) is 0. The Bertz CT molecular complexity index is 348. The Morgan fingerprint density at radius 1 is 1.00 bits per heavy atom. The maximum Gasteiger partial charge on any atom is 0.0903 e. The summed E-state index contributed by atoms with van der Waals surface area (Å²) in [6, 6.07) is 8.76. The maximum absolute atomic E-state index is 4.31. The molecule has 0 saturated carbocycles. The molecule has 0 bridgehead atoms. The summed E-state index contributed by atoms with van der Waals surface area (Å²) >= 11 is 0. The SMILES string of the molecule is Cc1ccccc1N=NN(C(C)C)C(C)C. The lowest BCUT2D eigenvalue weighted by atomic mass is 10.2. The molecule has 1 aromatic carbocycles. The van der Waals surface area contributed by atoms with Gasteiger partial charge in [-0.1, -0.05) is 23.4 Å². The van der Waals surface area contributed by atoms with E-state index in [9.17, 15) is 0 Å². The predicted octanol–water partition coefficient (Wildman–Crippen LogP) is 4.11. The van der Waals surface area contributed by atoms with Crippen molar-refractivity contribution in [1.29, 1.82) is 0 Å². The van der Waals surface area contributed by atoms with E-state index in [4.69, 9.17) is 0 Å². The molecule has 0 heterocycles. The van der Waals surface area contributed by atoms with Crippen LogP contribution in [0.2, 0.25) is 0 Å². The van der Waals surface area contributed by atoms with Gasteiger partial charge in [-0.05, 0) is 46.2 Å². The van der Waals surface area contributed by atoms with Crippen LogP contribution in [0, 0.1) is 6.92 Å². The van der Waals surface area contributed by atoms with Crippen LogP contribution in [-0.2, 0) is 0 Å². The molecule has 3 heteroatoms. The van der Waals surface area contributed by atoms with Gasteiger partial charge in [0.05, 0.1) is 5.69 Å². The van der Waals surface area contributed by atoms with E-state index in [0.717, 1.165) is 11.3 Å². The second-order valence-corrected chi connectivity index (χ2v) is 4.54. The number of aryl methyl sites for hydroxylation is 1. The third-order valence-corrected chi connectivity index (χ3v) is 2.43. The lowest BCUT2D eigenvalue weighted by Crippen LogP contribution is -2.31. The van der Waals surface area contributed by atoms with E-state index in [1.807, 2.05) is 36.2 Å². The lowest BCUT2D eigenvalue weighted by molar-refractivity contribution is 0.169.